The van der Waals surface area contributed by atoms with Gasteiger partial charge in [-0.2, -0.15) is 5.10 Å². The molecular weight excluding hydrogens is 434 g/mol. The second-order valence-electron chi connectivity index (χ2n) is 8.63. The van der Waals surface area contributed by atoms with Crippen molar-refractivity contribution in [3.05, 3.63) is 53.6 Å². The molecule has 0 atom stereocenters. The number of likely N-dealkylation sites (N-methyl/N-ethyl adjacent to an activating group) is 1. The third-order valence-corrected chi connectivity index (χ3v) is 5.81. The maximum absolute atomic E-state index is 12.8. The molecule has 0 saturated heterocycles. The number of carbonyl (C=O) groups excluding carboxylic acids is 2. The van der Waals surface area contributed by atoms with Gasteiger partial charge in [0.05, 0.1) is 0 Å². The number of amides is 3. The van der Waals surface area contributed by atoms with Gasteiger partial charge in [0.15, 0.2) is 5.82 Å². The lowest BCUT2D eigenvalue weighted by Crippen LogP contribution is -2.33. The minimum atomic E-state index is -0.217. The fourth-order valence-electron chi connectivity index (χ4n) is 3.66. The number of ether oxygens (including phenoxy) is 1. The van der Waals surface area contributed by atoms with E-state index in [0.29, 0.717) is 42.9 Å². The van der Waals surface area contributed by atoms with Gasteiger partial charge in [0, 0.05) is 62.7 Å². The van der Waals surface area contributed by atoms with E-state index in [1.165, 1.54) is 13.3 Å². The van der Waals surface area contributed by atoms with Crippen LogP contribution < -0.4 is 15.0 Å². The lowest BCUT2D eigenvalue weighted by molar-refractivity contribution is -0.127. The van der Waals surface area contributed by atoms with Crippen LogP contribution in [0.3, 0.4) is 0 Å². The first-order valence-electron chi connectivity index (χ1n) is 11.3. The first kappa shape index (κ1) is 23.2. The maximum atomic E-state index is 12.8. The van der Waals surface area contributed by atoms with Crippen LogP contribution in [0.25, 0.3) is 0 Å². The summed E-state index contributed by atoms with van der Waals surface area (Å²) in [5, 5.41) is 9.97. The molecule has 1 aromatic carbocycles. The van der Waals surface area contributed by atoms with Gasteiger partial charge in [0.25, 0.3) is 0 Å². The van der Waals surface area contributed by atoms with Crippen molar-refractivity contribution >= 4 is 23.4 Å². The van der Waals surface area contributed by atoms with E-state index >= 15 is 0 Å². The van der Waals surface area contributed by atoms with Crippen LogP contribution in [0.1, 0.15) is 43.6 Å². The standard InChI is InChI=1S/C24H29N7O3/c1-15(2)20-13-22(29-28-20)27-24(33)31-10-7-17-11-19(5-6-21(17)31)34-23-12-18(25-14-26-23)8-9-30(4)16(3)32/h5-6,11-15H,7-10H2,1-4H3,(H2,27,28,29,33). The van der Waals surface area contributed by atoms with E-state index in [1.807, 2.05) is 24.3 Å². The number of aromatic nitrogens is 4. The van der Waals surface area contributed by atoms with Crippen LogP contribution in [0.15, 0.2) is 36.7 Å². The normalized spacial score (nSPS) is 12.6. The zero-order chi connectivity index (χ0) is 24.2. The van der Waals surface area contributed by atoms with E-state index in [0.717, 1.165) is 29.1 Å². The lowest BCUT2D eigenvalue weighted by Gasteiger charge is -2.17. The Kier molecular flexibility index (Phi) is 6.76. The molecular formula is C24H29N7O3. The monoisotopic (exact) mass is 463 g/mol. The van der Waals surface area contributed by atoms with Crippen molar-refractivity contribution in [2.24, 2.45) is 0 Å². The maximum Gasteiger partial charge on any atom is 0.327 e. The summed E-state index contributed by atoms with van der Waals surface area (Å²) in [6.45, 7) is 6.80. The molecule has 3 aromatic rings. The first-order valence-corrected chi connectivity index (χ1v) is 11.3. The number of carbonyl (C=O) groups is 2. The van der Waals surface area contributed by atoms with Crippen molar-refractivity contribution in [2.75, 3.05) is 30.4 Å². The smallest absolute Gasteiger partial charge is 0.327 e. The van der Waals surface area contributed by atoms with Gasteiger partial charge in [-0.05, 0) is 36.1 Å². The van der Waals surface area contributed by atoms with Crippen LogP contribution >= 0.6 is 0 Å². The van der Waals surface area contributed by atoms with E-state index in [1.54, 1.807) is 22.9 Å². The number of H-pyrrole nitrogens is 1. The number of aromatic amines is 1. The van der Waals surface area contributed by atoms with Crippen LogP contribution in [-0.2, 0) is 17.6 Å². The van der Waals surface area contributed by atoms with Gasteiger partial charge in [-0.25, -0.2) is 14.8 Å². The van der Waals surface area contributed by atoms with Crippen LogP contribution in [0.5, 0.6) is 11.6 Å². The molecule has 10 heteroatoms. The molecule has 3 heterocycles. The van der Waals surface area contributed by atoms with Crippen LogP contribution in [0.2, 0.25) is 0 Å². The van der Waals surface area contributed by atoms with E-state index in [9.17, 15) is 9.59 Å². The van der Waals surface area contributed by atoms with Crippen LogP contribution in [0, 0.1) is 0 Å². The average molecular weight is 464 g/mol. The van der Waals surface area contributed by atoms with Crippen molar-refractivity contribution in [3.63, 3.8) is 0 Å². The molecule has 0 aliphatic carbocycles. The Morgan fingerprint density at radius 3 is 2.79 bits per heavy atom. The summed E-state index contributed by atoms with van der Waals surface area (Å²) < 4.78 is 5.95. The second kappa shape index (κ2) is 9.90. The third kappa shape index (κ3) is 5.33. The van der Waals surface area contributed by atoms with Crippen molar-refractivity contribution < 1.29 is 14.3 Å². The van der Waals surface area contributed by atoms with Crippen molar-refractivity contribution in [1.82, 2.24) is 25.1 Å². The summed E-state index contributed by atoms with van der Waals surface area (Å²) in [4.78, 5) is 36.0. The average Bonchev–Trinajstić information content (AvgIpc) is 3.44. The van der Waals surface area contributed by atoms with Gasteiger partial charge in [-0.15, -0.1) is 0 Å². The van der Waals surface area contributed by atoms with Crippen molar-refractivity contribution in [1.29, 1.82) is 0 Å². The molecule has 2 aromatic heterocycles. The van der Waals surface area contributed by atoms with Gasteiger partial charge in [0.2, 0.25) is 11.8 Å². The molecule has 0 unspecified atom stereocenters. The molecule has 178 valence electrons. The SMILES string of the molecule is CC(=O)N(C)CCc1cc(Oc2ccc3c(c2)CCN3C(=O)Nc2cc(C(C)C)[nH]n2)ncn1. The number of rotatable bonds is 7. The number of benzene rings is 1. The first-order chi connectivity index (χ1) is 16.3. The Morgan fingerprint density at radius 2 is 2.06 bits per heavy atom. The molecule has 0 saturated carbocycles. The molecule has 3 amide bonds. The highest BCUT2D eigenvalue weighted by atomic mass is 16.5. The Hall–Kier alpha value is -3.95. The minimum absolute atomic E-state index is 0.0102. The number of hydrogen-bond donors (Lipinski definition) is 2. The van der Waals surface area contributed by atoms with Crippen LogP contribution in [0.4, 0.5) is 16.3 Å². The summed E-state index contributed by atoms with van der Waals surface area (Å²) in [7, 11) is 1.76. The molecule has 4 rings (SSSR count). The zero-order valence-corrected chi connectivity index (χ0v) is 19.8. The number of hydrogen-bond acceptors (Lipinski definition) is 6. The Balaban J connectivity index is 1.40. The minimum Gasteiger partial charge on any atom is -0.439 e. The molecule has 2 N–H and O–H groups in total. The van der Waals surface area contributed by atoms with Gasteiger partial charge in [-0.1, -0.05) is 13.8 Å². The molecule has 10 nitrogen and oxygen atoms in total. The van der Waals surface area contributed by atoms with Crippen molar-refractivity contribution in [3.8, 4) is 11.6 Å². The van der Waals surface area contributed by atoms with Crippen LogP contribution in [-0.4, -0.2) is 57.1 Å². The Labute approximate surface area is 198 Å². The third-order valence-electron chi connectivity index (χ3n) is 5.81. The zero-order valence-electron chi connectivity index (χ0n) is 19.8. The highest BCUT2D eigenvalue weighted by Gasteiger charge is 2.26. The summed E-state index contributed by atoms with van der Waals surface area (Å²) >= 11 is 0. The molecule has 0 bridgehead atoms. The summed E-state index contributed by atoms with van der Waals surface area (Å²) in [6.07, 6.45) is 2.79. The number of urea groups is 1. The molecule has 0 radical (unpaired) electrons. The van der Waals surface area contributed by atoms with E-state index in [4.69, 9.17) is 4.74 Å². The number of fused-ring (bicyclic) bond motifs is 1. The van der Waals surface area contributed by atoms with Crippen molar-refractivity contribution in [2.45, 2.75) is 39.5 Å². The fourth-order valence-corrected chi connectivity index (χ4v) is 3.66. The quantitative estimate of drug-likeness (QED) is 0.551. The van der Waals surface area contributed by atoms with E-state index < -0.39 is 0 Å². The Morgan fingerprint density at radius 1 is 1.24 bits per heavy atom. The highest BCUT2D eigenvalue weighted by Crippen LogP contribution is 2.33. The predicted octanol–water partition coefficient (Wildman–Crippen LogP) is 3.73. The summed E-state index contributed by atoms with van der Waals surface area (Å²) in [6, 6.07) is 9.04. The highest BCUT2D eigenvalue weighted by molar-refractivity contribution is 6.02. The molecule has 0 fully saturated rings. The van der Waals surface area contributed by atoms with Gasteiger partial charge in [0.1, 0.15) is 12.1 Å². The van der Waals surface area contributed by atoms with Gasteiger partial charge in [-0.3, -0.25) is 20.1 Å². The largest absolute Gasteiger partial charge is 0.439 e. The molecule has 34 heavy (non-hydrogen) atoms. The fraction of sp³-hybridized carbons (Fsp3) is 0.375. The topological polar surface area (TPSA) is 116 Å². The van der Waals surface area contributed by atoms with Gasteiger partial charge < -0.3 is 9.64 Å². The Bertz CT molecular complexity index is 1190. The lowest BCUT2D eigenvalue weighted by atomic mass is 10.1. The number of nitrogens with one attached hydrogen (secondary N) is 2. The second-order valence-corrected chi connectivity index (χ2v) is 8.63. The molecule has 0 spiro atoms. The molecule has 1 aliphatic heterocycles. The summed E-state index contributed by atoms with van der Waals surface area (Å²) in [5.41, 5.74) is 3.63. The number of nitrogens with zero attached hydrogens (tertiary/aromatic N) is 5. The van der Waals surface area contributed by atoms with E-state index in [-0.39, 0.29) is 11.9 Å². The summed E-state index contributed by atoms with van der Waals surface area (Å²) in [5.74, 6) is 1.90. The molecule has 1 aliphatic rings. The predicted molar refractivity (Wildman–Crippen MR) is 128 cm³/mol. The van der Waals surface area contributed by atoms with Gasteiger partial charge >= 0.3 is 6.03 Å². The van der Waals surface area contributed by atoms with E-state index in [2.05, 4.69) is 39.3 Å². The number of anilines is 2.